The fourth-order valence-electron chi connectivity index (χ4n) is 2.17. The number of nitrogens with zero attached hydrogens (tertiary/aromatic N) is 1. The van der Waals surface area contributed by atoms with Crippen molar-refractivity contribution in [2.45, 2.75) is 20.3 Å². The van der Waals surface area contributed by atoms with E-state index in [9.17, 15) is 4.79 Å². The summed E-state index contributed by atoms with van der Waals surface area (Å²) in [6.45, 7) is 6.86. The van der Waals surface area contributed by atoms with Gasteiger partial charge in [0.05, 0.1) is 0 Å². The smallest absolute Gasteiger partial charge is 0.228 e. The molecule has 0 atom stereocenters. The van der Waals surface area contributed by atoms with Crippen molar-refractivity contribution in [1.82, 2.24) is 5.32 Å². The van der Waals surface area contributed by atoms with Gasteiger partial charge in [-0.3, -0.25) is 4.79 Å². The molecule has 1 N–H and O–H groups in total. The molecule has 1 aliphatic heterocycles. The molecular formula is C14H20N2O. The lowest BCUT2D eigenvalue weighted by atomic mass is 9.91. The second-order valence-corrected chi connectivity index (χ2v) is 5.41. The van der Waals surface area contributed by atoms with Gasteiger partial charge >= 0.3 is 0 Å². The zero-order valence-corrected chi connectivity index (χ0v) is 10.6. The van der Waals surface area contributed by atoms with E-state index in [-0.39, 0.29) is 11.3 Å². The van der Waals surface area contributed by atoms with Crippen LogP contribution in [0.2, 0.25) is 0 Å². The molecule has 3 nitrogen and oxygen atoms in total. The first-order valence-electron chi connectivity index (χ1n) is 6.15. The highest BCUT2D eigenvalue weighted by Gasteiger charge is 2.27. The summed E-state index contributed by atoms with van der Waals surface area (Å²) >= 11 is 0. The number of hydrogen-bond acceptors (Lipinski definition) is 2. The van der Waals surface area contributed by atoms with Crippen LogP contribution in [0.4, 0.5) is 5.69 Å². The van der Waals surface area contributed by atoms with E-state index in [2.05, 4.69) is 19.2 Å². The third kappa shape index (κ3) is 3.07. The van der Waals surface area contributed by atoms with Crippen LogP contribution in [0.5, 0.6) is 0 Å². The molecular weight excluding hydrogens is 212 g/mol. The summed E-state index contributed by atoms with van der Waals surface area (Å²) in [5.74, 6) is 0.205. The summed E-state index contributed by atoms with van der Waals surface area (Å²) in [6.07, 6.45) is 0.574. The van der Waals surface area contributed by atoms with E-state index in [4.69, 9.17) is 0 Å². The summed E-state index contributed by atoms with van der Waals surface area (Å²) in [6, 6.07) is 9.94. The maximum absolute atomic E-state index is 12.1. The Morgan fingerprint density at radius 3 is 2.65 bits per heavy atom. The molecule has 1 aromatic carbocycles. The topological polar surface area (TPSA) is 32.3 Å². The summed E-state index contributed by atoms with van der Waals surface area (Å²) in [5, 5.41) is 3.33. The number of nitrogens with one attached hydrogen (secondary N) is 1. The second-order valence-electron chi connectivity index (χ2n) is 5.41. The standard InChI is InChI=1S/C14H20N2O/c1-14(2)10-15-9-8-13(17)16(11-14)12-6-4-3-5-7-12/h3-7,15H,8-11H2,1-2H3. The van der Waals surface area contributed by atoms with Crippen LogP contribution >= 0.6 is 0 Å². The van der Waals surface area contributed by atoms with Gasteiger partial charge in [-0.05, 0) is 17.5 Å². The van der Waals surface area contributed by atoms with Crippen LogP contribution in [-0.4, -0.2) is 25.5 Å². The highest BCUT2D eigenvalue weighted by atomic mass is 16.2. The lowest BCUT2D eigenvalue weighted by molar-refractivity contribution is -0.119. The van der Waals surface area contributed by atoms with E-state index in [0.717, 1.165) is 25.3 Å². The number of rotatable bonds is 1. The van der Waals surface area contributed by atoms with E-state index in [1.54, 1.807) is 0 Å². The molecule has 1 amide bonds. The first-order valence-corrected chi connectivity index (χ1v) is 6.15. The van der Waals surface area contributed by atoms with Gasteiger partial charge in [-0.15, -0.1) is 0 Å². The molecule has 2 rings (SSSR count). The molecule has 1 aliphatic rings. The van der Waals surface area contributed by atoms with Gasteiger partial charge in [0.2, 0.25) is 5.91 Å². The minimum absolute atomic E-state index is 0.103. The highest BCUT2D eigenvalue weighted by molar-refractivity contribution is 5.93. The predicted octanol–water partition coefficient (Wildman–Crippen LogP) is 2.04. The van der Waals surface area contributed by atoms with Crippen LogP contribution in [0.3, 0.4) is 0 Å². The monoisotopic (exact) mass is 232 g/mol. The van der Waals surface area contributed by atoms with Crippen molar-refractivity contribution in [3.63, 3.8) is 0 Å². The normalized spacial score (nSPS) is 20.8. The van der Waals surface area contributed by atoms with Gasteiger partial charge in [-0.1, -0.05) is 32.0 Å². The molecule has 0 unspecified atom stereocenters. The van der Waals surface area contributed by atoms with E-state index < -0.39 is 0 Å². The largest absolute Gasteiger partial charge is 0.316 e. The molecule has 0 aromatic heterocycles. The van der Waals surface area contributed by atoms with Crippen molar-refractivity contribution in [2.75, 3.05) is 24.5 Å². The van der Waals surface area contributed by atoms with Crippen molar-refractivity contribution in [2.24, 2.45) is 5.41 Å². The molecule has 1 heterocycles. The molecule has 1 aromatic rings. The fourth-order valence-corrected chi connectivity index (χ4v) is 2.17. The van der Waals surface area contributed by atoms with Crippen LogP contribution in [0.25, 0.3) is 0 Å². The van der Waals surface area contributed by atoms with Crippen molar-refractivity contribution in [1.29, 1.82) is 0 Å². The maximum atomic E-state index is 12.1. The fraction of sp³-hybridized carbons (Fsp3) is 0.500. The quantitative estimate of drug-likeness (QED) is 0.803. The van der Waals surface area contributed by atoms with Gasteiger partial charge < -0.3 is 10.2 Å². The third-order valence-electron chi connectivity index (χ3n) is 3.07. The van der Waals surface area contributed by atoms with E-state index in [1.165, 1.54) is 0 Å². The van der Waals surface area contributed by atoms with Gasteiger partial charge in [0.15, 0.2) is 0 Å². The van der Waals surface area contributed by atoms with Crippen molar-refractivity contribution in [3.8, 4) is 0 Å². The second kappa shape index (κ2) is 4.88. The Kier molecular flexibility index (Phi) is 3.48. The number of carbonyl (C=O) groups is 1. The van der Waals surface area contributed by atoms with Crippen LogP contribution in [0.1, 0.15) is 20.3 Å². The molecule has 0 radical (unpaired) electrons. The summed E-state index contributed by atoms with van der Waals surface area (Å²) in [5.41, 5.74) is 1.11. The Balaban J connectivity index is 2.25. The van der Waals surface area contributed by atoms with Gasteiger partial charge in [-0.2, -0.15) is 0 Å². The molecule has 3 heteroatoms. The Labute approximate surface area is 103 Å². The Morgan fingerprint density at radius 1 is 1.24 bits per heavy atom. The van der Waals surface area contributed by atoms with Gasteiger partial charge in [0.1, 0.15) is 0 Å². The van der Waals surface area contributed by atoms with E-state index >= 15 is 0 Å². The first-order chi connectivity index (χ1) is 8.08. The molecule has 0 bridgehead atoms. The van der Waals surface area contributed by atoms with Gasteiger partial charge in [-0.25, -0.2) is 0 Å². The van der Waals surface area contributed by atoms with Crippen LogP contribution in [0, 0.1) is 5.41 Å². The zero-order chi connectivity index (χ0) is 12.3. The lowest BCUT2D eigenvalue weighted by Gasteiger charge is -2.35. The summed E-state index contributed by atoms with van der Waals surface area (Å²) in [7, 11) is 0. The first kappa shape index (κ1) is 12.1. The number of hydrogen-bond donors (Lipinski definition) is 1. The Morgan fingerprint density at radius 2 is 1.94 bits per heavy atom. The molecule has 1 saturated heterocycles. The average Bonchev–Trinajstić information content (AvgIpc) is 2.31. The van der Waals surface area contributed by atoms with Crippen LogP contribution in [0.15, 0.2) is 30.3 Å². The van der Waals surface area contributed by atoms with Crippen LogP contribution < -0.4 is 10.2 Å². The molecule has 0 saturated carbocycles. The predicted molar refractivity (Wildman–Crippen MR) is 70.1 cm³/mol. The molecule has 1 fully saturated rings. The van der Waals surface area contributed by atoms with Crippen molar-refractivity contribution < 1.29 is 4.79 Å². The SMILES string of the molecule is CC1(C)CNCCC(=O)N(c2ccccc2)C1. The average molecular weight is 232 g/mol. The Bertz CT molecular complexity index is 386. The summed E-state index contributed by atoms with van der Waals surface area (Å²) < 4.78 is 0. The number of para-hydroxylation sites is 1. The number of carbonyl (C=O) groups excluding carboxylic acids is 1. The minimum atomic E-state index is 0.103. The summed E-state index contributed by atoms with van der Waals surface area (Å²) in [4.78, 5) is 14.1. The molecule has 0 spiro atoms. The Hall–Kier alpha value is -1.35. The highest BCUT2D eigenvalue weighted by Crippen LogP contribution is 2.23. The molecule has 17 heavy (non-hydrogen) atoms. The number of anilines is 1. The van der Waals surface area contributed by atoms with Gasteiger partial charge in [0, 0.05) is 31.7 Å². The molecule has 92 valence electrons. The minimum Gasteiger partial charge on any atom is -0.316 e. The maximum Gasteiger partial charge on any atom is 0.228 e. The van der Waals surface area contributed by atoms with E-state index in [1.807, 2.05) is 35.2 Å². The third-order valence-corrected chi connectivity index (χ3v) is 3.07. The lowest BCUT2D eigenvalue weighted by Crippen LogP contribution is -2.47. The number of amides is 1. The number of benzene rings is 1. The van der Waals surface area contributed by atoms with Gasteiger partial charge in [0.25, 0.3) is 0 Å². The van der Waals surface area contributed by atoms with Crippen LogP contribution in [-0.2, 0) is 4.79 Å². The molecule has 0 aliphatic carbocycles. The zero-order valence-electron chi connectivity index (χ0n) is 10.6. The van der Waals surface area contributed by atoms with E-state index in [0.29, 0.717) is 6.42 Å². The van der Waals surface area contributed by atoms with Crippen molar-refractivity contribution in [3.05, 3.63) is 30.3 Å². The van der Waals surface area contributed by atoms with Crippen molar-refractivity contribution >= 4 is 11.6 Å².